The van der Waals surface area contributed by atoms with Crippen LogP contribution in [-0.2, 0) is 0 Å². The van der Waals surface area contributed by atoms with E-state index in [1.54, 1.807) is 12.4 Å². The number of hydrogen-bond acceptors (Lipinski definition) is 2. The summed E-state index contributed by atoms with van der Waals surface area (Å²) in [5.41, 5.74) is 2.02. The van der Waals surface area contributed by atoms with Crippen LogP contribution in [0.15, 0.2) is 67.0 Å². The summed E-state index contributed by atoms with van der Waals surface area (Å²) in [6.45, 7) is 0.781. The molecular formula is C21H21N3O. The van der Waals surface area contributed by atoms with Crippen molar-refractivity contribution in [1.29, 1.82) is 0 Å². The highest BCUT2D eigenvalue weighted by Crippen LogP contribution is 2.32. The Morgan fingerprint density at radius 3 is 2.68 bits per heavy atom. The Bertz CT molecular complexity index is 873. The fourth-order valence-electron chi connectivity index (χ4n) is 3.63. The van der Waals surface area contributed by atoms with Crippen molar-refractivity contribution < 1.29 is 4.79 Å². The summed E-state index contributed by atoms with van der Waals surface area (Å²) in [4.78, 5) is 19.0. The molecule has 25 heavy (non-hydrogen) atoms. The summed E-state index contributed by atoms with van der Waals surface area (Å²) in [5.74, 6) is 0. The summed E-state index contributed by atoms with van der Waals surface area (Å²) in [5, 5.41) is 5.32. The predicted octanol–water partition coefficient (Wildman–Crippen LogP) is 4.99. The Hall–Kier alpha value is -2.88. The largest absolute Gasteiger partial charge is 0.322 e. The molecule has 1 atom stereocenters. The number of fused-ring (bicyclic) bond motifs is 1. The van der Waals surface area contributed by atoms with Crippen molar-refractivity contribution in [3.05, 3.63) is 72.6 Å². The van der Waals surface area contributed by atoms with Crippen molar-refractivity contribution >= 4 is 22.5 Å². The minimum absolute atomic E-state index is 0.0298. The maximum absolute atomic E-state index is 13.0. The third-order valence-corrected chi connectivity index (χ3v) is 4.89. The van der Waals surface area contributed by atoms with E-state index in [4.69, 9.17) is 0 Å². The van der Waals surface area contributed by atoms with Crippen LogP contribution < -0.4 is 5.32 Å². The predicted molar refractivity (Wildman–Crippen MR) is 101 cm³/mol. The highest BCUT2D eigenvalue weighted by atomic mass is 16.2. The van der Waals surface area contributed by atoms with E-state index in [2.05, 4.69) is 22.4 Å². The molecule has 0 spiro atoms. The topological polar surface area (TPSA) is 45.2 Å². The first-order valence-corrected chi connectivity index (χ1v) is 8.78. The molecule has 1 aromatic heterocycles. The van der Waals surface area contributed by atoms with Gasteiger partial charge in [-0.3, -0.25) is 4.98 Å². The van der Waals surface area contributed by atoms with Gasteiger partial charge in [0, 0.05) is 24.3 Å². The number of aromatic nitrogens is 1. The van der Waals surface area contributed by atoms with Crippen LogP contribution in [-0.4, -0.2) is 22.5 Å². The van der Waals surface area contributed by atoms with E-state index in [1.807, 2.05) is 47.4 Å². The molecule has 2 amide bonds. The zero-order valence-electron chi connectivity index (χ0n) is 14.1. The summed E-state index contributed by atoms with van der Waals surface area (Å²) in [6, 6.07) is 18.2. The van der Waals surface area contributed by atoms with Crippen LogP contribution in [0.4, 0.5) is 10.5 Å². The zero-order chi connectivity index (χ0) is 17.1. The lowest BCUT2D eigenvalue weighted by molar-refractivity contribution is 0.163. The Kier molecular flexibility index (Phi) is 4.34. The Morgan fingerprint density at radius 1 is 1.00 bits per heavy atom. The molecule has 0 saturated carbocycles. The summed E-state index contributed by atoms with van der Waals surface area (Å²) in [7, 11) is 0. The van der Waals surface area contributed by atoms with Crippen LogP contribution in [0.3, 0.4) is 0 Å². The molecule has 1 N–H and O–H groups in total. The van der Waals surface area contributed by atoms with Gasteiger partial charge in [-0.25, -0.2) is 4.79 Å². The molecule has 0 bridgehead atoms. The number of benzene rings is 2. The quantitative estimate of drug-likeness (QED) is 0.718. The van der Waals surface area contributed by atoms with Crippen molar-refractivity contribution in [2.24, 2.45) is 0 Å². The lowest BCUT2D eigenvalue weighted by Crippen LogP contribution is -2.41. The number of urea groups is 1. The second-order valence-electron chi connectivity index (χ2n) is 6.44. The van der Waals surface area contributed by atoms with Crippen LogP contribution in [0.1, 0.15) is 30.9 Å². The number of amides is 2. The van der Waals surface area contributed by atoms with Gasteiger partial charge < -0.3 is 10.2 Å². The normalized spacial score (nSPS) is 17.4. The Balaban J connectivity index is 1.60. The van der Waals surface area contributed by atoms with Gasteiger partial charge in [-0.05, 0) is 48.4 Å². The van der Waals surface area contributed by atoms with E-state index in [0.29, 0.717) is 0 Å². The minimum Gasteiger partial charge on any atom is -0.317 e. The molecule has 2 aromatic carbocycles. The Morgan fingerprint density at radius 2 is 1.80 bits per heavy atom. The maximum atomic E-state index is 13.0. The summed E-state index contributed by atoms with van der Waals surface area (Å²) < 4.78 is 0. The zero-order valence-corrected chi connectivity index (χ0v) is 14.1. The number of nitrogens with one attached hydrogen (secondary N) is 1. The molecule has 1 aliphatic heterocycles. The van der Waals surface area contributed by atoms with Gasteiger partial charge >= 0.3 is 6.03 Å². The highest BCUT2D eigenvalue weighted by molar-refractivity contribution is 6.01. The van der Waals surface area contributed by atoms with Crippen molar-refractivity contribution in [3.8, 4) is 0 Å². The number of pyridine rings is 1. The summed E-state index contributed by atoms with van der Waals surface area (Å²) in [6.07, 6.45) is 6.78. The second-order valence-corrected chi connectivity index (χ2v) is 6.44. The smallest absolute Gasteiger partial charge is 0.317 e. The lowest BCUT2D eigenvalue weighted by Gasteiger charge is -2.36. The molecule has 1 aliphatic rings. The van der Waals surface area contributed by atoms with E-state index < -0.39 is 0 Å². The molecule has 2 heterocycles. The van der Waals surface area contributed by atoms with Gasteiger partial charge in [-0.1, -0.05) is 36.4 Å². The fraction of sp³-hybridized carbons (Fsp3) is 0.238. The SMILES string of the molecule is O=C(Nc1cccc2ccccc12)N1CCCC[C@H]1c1ccncc1. The van der Waals surface area contributed by atoms with Crippen molar-refractivity contribution in [2.75, 3.05) is 11.9 Å². The van der Waals surface area contributed by atoms with E-state index in [-0.39, 0.29) is 12.1 Å². The van der Waals surface area contributed by atoms with Crippen molar-refractivity contribution in [3.63, 3.8) is 0 Å². The molecule has 1 saturated heterocycles. The molecule has 126 valence electrons. The van der Waals surface area contributed by atoms with E-state index in [9.17, 15) is 4.79 Å². The van der Waals surface area contributed by atoms with Gasteiger partial charge in [0.2, 0.25) is 0 Å². The number of piperidine rings is 1. The van der Waals surface area contributed by atoms with Crippen molar-refractivity contribution in [1.82, 2.24) is 9.88 Å². The molecule has 3 aromatic rings. The number of rotatable bonds is 2. The minimum atomic E-state index is -0.0298. The van der Waals surface area contributed by atoms with E-state index in [1.165, 1.54) is 0 Å². The first-order chi connectivity index (χ1) is 12.3. The van der Waals surface area contributed by atoms with E-state index in [0.717, 1.165) is 47.8 Å². The second kappa shape index (κ2) is 6.93. The number of anilines is 1. The Labute approximate surface area is 147 Å². The van der Waals surface area contributed by atoms with E-state index >= 15 is 0 Å². The molecule has 0 unspecified atom stereocenters. The third kappa shape index (κ3) is 3.20. The number of carbonyl (C=O) groups excluding carboxylic acids is 1. The molecular weight excluding hydrogens is 310 g/mol. The van der Waals surface area contributed by atoms with Gasteiger partial charge in [-0.15, -0.1) is 0 Å². The van der Waals surface area contributed by atoms with Gasteiger partial charge in [0.25, 0.3) is 0 Å². The standard InChI is InChI=1S/C21H21N3O/c25-21(23-19-9-5-7-16-6-1-2-8-18(16)19)24-15-4-3-10-20(24)17-11-13-22-14-12-17/h1-2,5-9,11-14,20H,3-4,10,15H2,(H,23,25)/t20-/m0/s1. The molecule has 1 fully saturated rings. The highest BCUT2D eigenvalue weighted by Gasteiger charge is 2.28. The average molecular weight is 331 g/mol. The number of carbonyl (C=O) groups is 1. The molecule has 4 rings (SSSR count). The monoisotopic (exact) mass is 331 g/mol. The molecule has 0 radical (unpaired) electrons. The maximum Gasteiger partial charge on any atom is 0.322 e. The molecule has 0 aliphatic carbocycles. The van der Waals surface area contributed by atoms with Gasteiger partial charge in [0.05, 0.1) is 11.7 Å². The number of hydrogen-bond donors (Lipinski definition) is 1. The van der Waals surface area contributed by atoms with Gasteiger partial charge in [0.1, 0.15) is 0 Å². The van der Waals surface area contributed by atoms with Crippen molar-refractivity contribution in [2.45, 2.75) is 25.3 Å². The number of nitrogens with zero attached hydrogens (tertiary/aromatic N) is 2. The van der Waals surface area contributed by atoms with Crippen LogP contribution in [0.2, 0.25) is 0 Å². The first kappa shape index (κ1) is 15.6. The van der Waals surface area contributed by atoms with Crippen LogP contribution >= 0.6 is 0 Å². The lowest BCUT2D eigenvalue weighted by atomic mass is 9.96. The van der Waals surface area contributed by atoms with Crippen LogP contribution in [0.5, 0.6) is 0 Å². The number of likely N-dealkylation sites (tertiary alicyclic amines) is 1. The fourth-order valence-corrected chi connectivity index (χ4v) is 3.63. The van der Waals surface area contributed by atoms with Gasteiger partial charge in [-0.2, -0.15) is 0 Å². The third-order valence-electron chi connectivity index (χ3n) is 4.89. The first-order valence-electron chi connectivity index (χ1n) is 8.78. The molecule has 4 heteroatoms. The van der Waals surface area contributed by atoms with Gasteiger partial charge in [0.15, 0.2) is 0 Å². The summed E-state index contributed by atoms with van der Waals surface area (Å²) >= 11 is 0. The average Bonchev–Trinajstić information content (AvgIpc) is 2.69. The van der Waals surface area contributed by atoms with Crippen LogP contribution in [0.25, 0.3) is 10.8 Å². The molecule has 4 nitrogen and oxygen atoms in total. The van der Waals surface area contributed by atoms with Crippen LogP contribution in [0, 0.1) is 0 Å².